The van der Waals surface area contributed by atoms with Gasteiger partial charge in [-0.15, -0.1) is 0 Å². The van der Waals surface area contributed by atoms with Gasteiger partial charge in [0.15, 0.2) is 0 Å². The van der Waals surface area contributed by atoms with Crippen molar-refractivity contribution < 1.29 is 4.79 Å². The molecule has 0 fully saturated rings. The number of carbonyl (C=O) groups is 1. The van der Waals surface area contributed by atoms with Gasteiger partial charge in [0, 0.05) is 31.9 Å². The van der Waals surface area contributed by atoms with Gasteiger partial charge in [-0.2, -0.15) is 0 Å². The SMILES string of the molecule is Cc1ccc(CCNC(=O)CCCn2ccnc2)cc1. The van der Waals surface area contributed by atoms with E-state index in [4.69, 9.17) is 0 Å². The fourth-order valence-corrected chi connectivity index (χ4v) is 2.03. The van der Waals surface area contributed by atoms with Crippen molar-refractivity contribution in [1.82, 2.24) is 14.9 Å². The molecule has 0 aliphatic carbocycles. The second-order valence-electron chi connectivity index (χ2n) is 4.99. The Balaban J connectivity index is 1.59. The fraction of sp³-hybridized carbons (Fsp3) is 0.375. The Morgan fingerprint density at radius 2 is 2.10 bits per heavy atom. The van der Waals surface area contributed by atoms with Crippen molar-refractivity contribution in [1.29, 1.82) is 0 Å². The van der Waals surface area contributed by atoms with E-state index in [0.29, 0.717) is 13.0 Å². The fourth-order valence-electron chi connectivity index (χ4n) is 2.03. The summed E-state index contributed by atoms with van der Waals surface area (Å²) in [6.45, 7) is 3.62. The first-order chi connectivity index (χ1) is 9.74. The second-order valence-corrected chi connectivity index (χ2v) is 4.99. The van der Waals surface area contributed by atoms with E-state index in [2.05, 4.69) is 41.5 Å². The van der Waals surface area contributed by atoms with Crippen molar-refractivity contribution in [3.05, 3.63) is 54.1 Å². The van der Waals surface area contributed by atoms with E-state index in [1.807, 2.05) is 10.8 Å². The average molecular weight is 271 g/mol. The predicted octanol–water partition coefficient (Wildman–Crippen LogP) is 2.33. The number of carbonyl (C=O) groups excluding carboxylic acids is 1. The molecule has 0 saturated heterocycles. The molecular formula is C16H21N3O. The molecule has 0 bridgehead atoms. The van der Waals surface area contributed by atoms with Crippen LogP contribution in [0, 0.1) is 6.92 Å². The molecule has 106 valence electrons. The molecule has 4 heteroatoms. The summed E-state index contributed by atoms with van der Waals surface area (Å²) in [4.78, 5) is 15.7. The molecule has 0 spiro atoms. The second kappa shape index (κ2) is 7.48. The van der Waals surface area contributed by atoms with Crippen LogP contribution in [0.2, 0.25) is 0 Å². The monoisotopic (exact) mass is 271 g/mol. The smallest absolute Gasteiger partial charge is 0.220 e. The van der Waals surface area contributed by atoms with Crippen LogP contribution in [0.3, 0.4) is 0 Å². The van der Waals surface area contributed by atoms with Crippen LogP contribution in [-0.2, 0) is 17.8 Å². The third-order valence-corrected chi connectivity index (χ3v) is 3.24. The Bertz CT molecular complexity index is 517. The van der Waals surface area contributed by atoms with E-state index in [0.717, 1.165) is 19.4 Å². The van der Waals surface area contributed by atoms with E-state index in [-0.39, 0.29) is 5.91 Å². The average Bonchev–Trinajstić information content (AvgIpc) is 2.94. The summed E-state index contributed by atoms with van der Waals surface area (Å²) in [6.07, 6.45) is 7.72. The summed E-state index contributed by atoms with van der Waals surface area (Å²) in [6, 6.07) is 8.42. The highest BCUT2D eigenvalue weighted by Crippen LogP contribution is 2.03. The van der Waals surface area contributed by atoms with Crippen molar-refractivity contribution >= 4 is 5.91 Å². The van der Waals surface area contributed by atoms with Crippen LogP contribution in [-0.4, -0.2) is 22.0 Å². The summed E-state index contributed by atoms with van der Waals surface area (Å²) in [5.41, 5.74) is 2.52. The van der Waals surface area contributed by atoms with Gasteiger partial charge < -0.3 is 9.88 Å². The number of amides is 1. The topological polar surface area (TPSA) is 46.9 Å². The number of hydrogen-bond acceptors (Lipinski definition) is 2. The van der Waals surface area contributed by atoms with Gasteiger partial charge in [0.05, 0.1) is 6.33 Å². The maximum Gasteiger partial charge on any atom is 0.220 e. The Kier molecular flexibility index (Phi) is 5.35. The first-order valence-corrected chi connectivity index (χ1v) is 7.02. The van der Waals surface area contributed by atoms with Crippen LogP contribution in [0.15, 0.2) is 43.0 Å². The molecule has 0 aliphatic rings. The number of aryl methyl sites for hydroxylation is 2. The van der Waals surface area contributed by atoms with E-state index >= 15 is 0 Å². The highest BCUT2D eigenvalue weighted by atomic mass is 16.1. The Morgan fingerprint density at radius 3 is 2.80 bits per heavy atom. The van der Waals surface area contributed by atoms with Gasteiger partial charge in [-0.05, 0) is 25.3 Å². The number of nitrogens with zero attached hydrogens (tertiary/aromatic N) is 2. The first-order valence-electron chi connectivity index (χ1n) is 7.02. The first kappa shape index (κ1) is 14.3. The maximum atomic E-state index is 11.7. The third-order valence-electron chi connectivity index (χ3n) is 3.24. The van der Waals surface area contributed by atoms with Crippen LogP contribution in [0.1, 0.15) is 24.0 Å². The minimum Gasteiger partial charge on any atom is -0.356 e. The molecule has 1 N–H and O–H groups in total. The van der Waals surface area contributed by atoms with Crippen molar-refractivity contribution in [3.8, 4) is 0 Å². The summed E-state index contributed by atoms with van der Waals surface area (Å²) in [7, 11) is 0. The number of nitrogens with one attached hydrogen (secondary N) is 1. The lowest BCUT2D eigenvalue weighted by atomic mass is 10.1. The molecule has 1 aromatic carbocycles. The summed E-state index contributed by atoms with van der Waals surface area (Å²) in [5, 5.41) is 2.96. The summed E-state index contributed by atoms with van der Waals surface area (Å²) in [5.74, 6) is 0.122. The quantitative estimate of drug-likeness (QED) is 0.840. The van der Waals surface area contributed by atoms with Crippen LogP contribution in [0.5, 0.6) is 0 Å². The Labute approximate surface area is 119 Å². The normalized spacial score (nSPS) is 10.4. The molecule has 2 rings (SSSR count). The minimum absolute atomic E-state index is 0.122. The van der Waals surface area contributed by atoms with Crippen molar-refractivity contribution in [3.63, 3.8) is 0 Å². The van der Waals surface area contributed by atoms with Gasteiger partial charge in [-0.25, -0.2) is 4.98 Å². The van der Waals surface area contributed by atoms with Gasteiger partial charge in [0.25, 0.3) is 0 Å². The number of benzene rings is 1. The lowest BCUT2D eigenvalue weighted by molar-refractivity contribution is -0.121. The third kappa shape index (κ3) is 4.88. The zero-order valence-corrected chi connectivity index (χ0v) is 11.9. The van der Waals surface area contributed by atoms with Gasteiger partial charge in [-0.1, -0.05) is 29.8 Å². The predicted molar refractivity (Wildman–Crippen MR) is 79.4 cm³/mol. The number of aromatic nitrogens is 2. The lowest BCUT2D eigenvalue weighted by Crippen LogP contribution is -2.25. The van der Waals surface area contributed by atoms with Crippen molar-refractivity contribution in [2.45, 2.75) is 32.7 Å². The number of hydrogen-bond donors (Lipinski definition) is 1. The maximum absolute atomic E-state index is 11.7. The molecule has 0 unspecified atom stereocenters. The Hall–Kier alpha value is -2.10. The molecule has 1 heterocycles. The largest absolute Gasteiger partial charge is 0.356 e. The van der Waals surface area contributed by atoms with E-state index in [9.17, 15) is 4.79 Å². The number of imidazole rings is 1. The molecule has 0 saturated carbocycles. The van der Waals surface area contributed by atoms with E-state index < -0.39 is 0 Å². The number of rotatable bonds is 7. The van der Waals surface area contributed by atoms with Crippen LogP contribution in [0.4, 0.5) is 0 Å². The molecule has 1 aromatic heterocycles. The molecule has 4 nitrogen and oxygen atoms in total. The molecular weight excluding hydrogens is 250 g/mol. The highest BCUT2D eigenvalue weighted by molar-refractivity contribution is 5.75. The van der Waals surface area contributed by atoms with E-state index in [1.165, 1.54) is 11.1 Å². The highest BCUT2D eigenvalue weighted by Gasteiger charge is 2.01. The van der Waals surface area contributed by atoms with Crippen molar-refractivity contribution in [2.75, 3.05) is 6.54 Å². The minimum atomic E-state index is 0.122. The van der Waals surface area contributed by atoms with Crippen LogP contribution >= 0.6 is 0 Å². The molecule has 0 atom stereocenters. The van der Waals surface area contributed by atoms with E-state index in [1.54, 1.807) is 12.5 Å². The molecule has 0 radical (unpaired) electrons. The summed E-state index contributed by atoms with van der Waals surface area (Å²) < 4.78 is 1.99. The molecule has 2 aromatic rings. The molecule has 0 aliphatic heterocycles. The standard InChI is InChI=1S/C16H21N3O/c1-14-4-6-15(7-5-14)8-9-18-16(20)3-2-11-19-12-10-17-13-19/h4-7,10,12-13H,2-3,8-9,11H2,1H3,(H,18,20). The molecule has 20 heavy (non-hydrogen) atoms. The van der Waals surface area contributed by atoms with Crippen LogP contribution < -0.4 is 5.32 Å². The zero-order chi connectivity index (χ0) is 14.2. The van der Waals surface area contributed by atoms with Gasteiger partial charge in [0.1, 0.15) is 0 Å². The van der Waals surface area contributed by atoms with Gasteiger partial charge in [0.2, 0.25) is 5.91 Å². The van der Waals surface area contributed by atoms with Crippen LogP contribution in [0.25, 0.3) is 0 Å². The van der Waals surface area contributed by atoms with Crippen molar-refractivity contribution in [2.24, 2.45) is 0 Å². The molecule has 1 amide bonds. The Morgan fingerprint density at radius 1 is 1.30 bits per heavy atom. The van der Waals surface area contributed by atoms with Gasteiger partial charge >= 0.3 is 0 Å². The zero-order valence-electron chi connectivity index (χ0n) is 11.9. The van der Waals surface area contributed by atoms with Gasteiger partial charge in [-0.3, -0.25) is 4.79 Å². The summed E-state index contributed by atoms with van der Waals surface area (Å²) >= 11 is 0. The lowest BCUT2D eigenvalue weighted by Gasteiger charge is -2.06.